The first-order valence-electron chi connectivity index (χ1n) is 9.45. The van der Waals surface area contributed by atoms with Gasteiger partial charge < -0.3 is 25.2 Å². The number of nitrogens with one attached hydrogen (secondary N) is 2. The van der Waals surface area contributed by atoms with Crippen LogP contribution in [0, 0.1) is 0 Å². The summed E-state index contributed by atoms with van der Waals surface area (Å²) in [6, 6.07) is 0.467. The largest absolute Gasteiger partial charge is 0.385 e. The van der Waals surface area contributed by atoms with E-state index in [0.29, 0.717) is 6.04 Å². The van der Waals surface area contributed by atoms with Gasteiger partial charge in [0, 0.05) is 53.5 Å². The van der Waals surface area contributed by atoms with Crippen molar-refractivity contribution in [3.8, 4) is 0 Å². The Labute approximate surface area is 176 Å². The molecule has 1 amide bonds. The van der Waals surface area contributed by atoms with Gasteiger partial charge in [0.25, 0.3) is 0 Å². The van der Waals surface area contributed by atoms with Gasteiger partial charge in [-0.15, -0.1) is 24.0 Å². The van der Waals surface area contributed by atoms with Crippen molar-refractivity contribution in [1.82, 2.24) is 20.4 Å². The predicted octanol–water partition coefficient (Wildman–Crippen LogP) is 1.53. The number of halogens is 1. The predicted molar refractivity (Wildman–Crippen MR) is 118 cm³/mol. The molecule has 0 bridgehead atoms. The Morgan fingerprint density at radius 1 is 1.15 bits per heavy atom. The van der Waals surface area contributed by atoms with Crippen LogP contribution in [0.4, 0.5) is 0 Å². The fraction of sp³-hybridized carbons (Fsp3) is 0.889. The van der Waals surface area contributed by atoms with E-state index in [9.17, 15) is 4.79 Å². The molecule has 2 N–H and O–H groups in total. The summed E-state index contributed by atoms with van der Waals surface area (Å²) in [5.74, 6) is 0.772. The van der Waals surface area contributed by atoms with Gasteiger partial charge in [0.1, 0.15) is 6.54 Å². The highest BCUT2D eigenvalue weighted by Crippen LogP contribution is 2.17. The smallest absolute Gasteiger partial charge is 0.243 e. The van der Waals surface area contributed by atoms with E-state index < -0.39 is 0 Å². The molecule has 7 nitrogen and oxygen atoms in total. The molecule has 0 atom stereocenters. The van der Waals surface area contributed by atoms with Gasteiger partial charge in [0.15, 0.2) is 5.96 Å². The molecule has 1 aliphatic carbocycles. The van der Waals surface area contributed by atoms with E-state index in [1.165, 1.54) is 32.1 Å². The Hall–Kier alpha value is -0.610. The number of aliphatic imine (C=N–C) groups is 1. The quantitative estimate of drug-likeness (QED) is 0.214. The second-order valence-electron chi connectivity index (χ2n) is 7.01. The Bertz CT molecular complexity index is 401. The van der Waals surface area contributed by atoms with Gasteiger partial charge in [0.05, 0.1) is 0 Å². The summed E-state index contributed by atoms with van der Waals surface area (Å²) in [5, 5.41) is 6.88. The van der Waals surface area contributed by atoms with E-state index in [0.717, 1.165) is 38.6 Å². The van der Waals surface area contributed by atoms with Crippen molar-refractivity contribution in [2.75, 3.05) is 61.0 Å². The normalized spacial score (nSPS) is 15.5. The summed E-state index contributed by atoms with van der Waals surface area (Å²) in [7, 11) is 7.36. The number of guanidine groups is 1. The van der Waals surface area contributed by atoms with Crippen molar-refractivity contribution < 1.29 is 9.53 Å². The van der Waals surface area contributed by atoms with Gasteiger partial charge in [-0.1, -0.05) is 19.3 Å². The average molecular weight is 483 g/mol. The monoisotopic (exact) mass is 483 g/mol. The summed E-state index contributed by atoms with van der Waals surface area (Å²) >= 11 is 0. The van der Waals surface area contributed by atoms with Crippen molar-refractivity contribution in [2.45, 2.75) is 44.6 Å². The third kappa shape index (κ3) is 11.9. The molecular formula is C18H38IN5O2. The molecule has 154 valence electrons. The second kappa shape index (κ2) is 15.4. The maximum Gasteiger partial charge on any atom is 0.243 e. The lowest BCUT2D eigenvalue weighted by atomic mass is 9.96. The lowest BCUT2D eigenvalue weighted by Crippen LogP contribution is -2.46. The van der Waals surface area contributed by atoms with Crippen molar-refractivity contribution in [3.05, 3.63) is 0 Å². The molecule has 0 aromatic carbocycles. The zero-order valence-corrected chi connectivity index (χ0v) is 19.3. The van der Waals surface area contributed by atoms with Crippen LogP contribution in [0.25, 0.3) is 0 Å². The maximum absolute atomic E-state index is 11.8. The van der Waals surface area contributed by atoms with E-state index in [1.54, 1.807) is 26.1 Å². The Kier molecular flexibility index (Phi) is 15.1. The molecule has 1 saturated carbocycles. The minimum Gasteiger partial charge on any atom is -0.385 e. The van der Waals surface area contributed by atoms with E-state index in [4.69, 9.17) is 4.74 Å². The lowest BCUT2D eigenvalue weighted by molar-refractivity contribution is -0.127. The molecule has 1 rings (SSSR count). The average Bonchev–Trinajstić information content (AvgIpc) is 2.60. The number of amides is 1. The van der Waals surface area contributed by atoms with Crippen LogP contribution < -0.4 is 10.6 Å². The first-order chi connectivity index (χ1) is 12.0. The van der Waals surface area contributed by atoms with E-state index in [1.807, 2.05) is 0 Å². The van der Waals surface area contributed by atoms with Crippen molar-refractivity contribution in [3.63, 3.8) is 0 Å². The first kappa shape index (κ1) is 25.4. The summed E-state index contributed by atoms with van der Waals surface area (Å²) in [6.45, 7) is 3.71. The number of likely N-dealkylation sites (N-methyl/N-ethyl adjacent to an activating group) is 2. The molecule has 0 aliphatic heterocycles. The fourth-order valence-electron chi connectivity index (χ4n) is 2.84. The molecule has 8 heteroatoms. The summed E-state index contributed by atoms with van der Waals surface area (Å²) < 4.78 is 5.09. The van der Waals surface area contributed by atoms with E-state index >= 15 is 0 Å². The third-order valence-corrected chi connectivity index (χ3v) is 4.49. The number of ether oxygens (including phenoxy) is 1. The van der Waals surface area contributed by atoms with Crippen LogP contribution in [-0.4, -0.2) is 88.7 Å². The molecule has 0 unspecified atom stereocenters. The van der Waals surface area contributed by atoms with Crippen LogP contribution in [-0.2, 0) is 9.53 Å². The zero-order valence-electron chi connectivity index (χ0n) is 16.9. The number of hydrogen-bond donors (Lipinski definition) is 2. The summed E-state index contributed by atoms with van der Waals surface area (Å²) in [6.07, 6.45) is 7.25. The van der Waals surface area contributed by atoms with Gasteiger partial charge in [-0.2, -0.15) is 0 Å². The maximum atomic E-state index is 11.8. The molecule has 0 spiro atoms. The van der Waals surface area contributed by atoms with Gasteiger partial charge in [0.2, 0.25) is 5.91 Å². The highest BCUT2D eigenvalue weighted by Gasteiger charge is 2.15. The molecule has 0 aromatic rings. The molecule has 0 aromatic heterocycles. The summed E-state index contributed by atoms with van der Waals surface area (Å²) in [4.78, 5) is 20.1. The summed E-state index contributed by atoms with van der Waals surface area (Å²) in [5.41, 5.74) is 0. The number of rotatable bonds is 10. The minimum absolute atomic E-state index is 0. The van der Waals surface area contributed by atoms with E-state index in [-0.39, 0.29) is 36.4 Å². The second-order valence-corrected chi connectivity index (χ2v) is 7.01. The van der Waals surface area contributed by atoms with Crippen LogP contribution in [0.1, 0.15) is 38.5 Å². The van der Waals surface area contributed by atoms with Crippen LogP contribution in [0.5, 0.6) is 0 Å². The number of carbonyl (C=O) groups excluding carboxylic acids is 1. The van der Waals surface area contributed by atoms with Crippen LogP contribution >= 0.6 is 24.0 Å². The third-order valence-electron chi connectivity index (χ3n) is 4.49. The van der Waals surface area contributed by atoms with Gasteiger partial charge in [-0.3, -0.25) is 4.79 Å². The van der Waals surface area contributed by atoms with Crippen LogP contribution in [0.3, 0.4) is 0 Å². The molecule has 26 heavy (non-hydrogen) atoms. The van der Waals surface area contributed by atoms with Gasteiger partial charge in [-0.25, -0.2) is 4.99 Å². The lowest BCUT2D eigenvalue weighted by Gasteiger charge is -2.25. The Morgan fingerprint density at radius 2 is 1.85 bits per heavy atom. The van der Waals surface area contributed by atoms with Crippen molar-refractivity contribution in [2.24, 2.45) is 4.99 Å². The Morgan fingerprint density at radius 3 is 2.46 bits per heavy atom. The molecule has 1 aliphatic rings. The topological polar surface area (TPSA) is 69.2 Å². The van der Waals surface area contributed by atoms with Gasteiger partial charge >= 0.3 is 0 Å². The molecule has 0 heterocycles. The SMILES string of the molecule is COCCCN(C)CCNC(=NCC(=O)N(C)C)NC1CCCCC1.I. The highest BCUT2D eigenvalue weighted by atomic mass is 127. The Balaban J connectivity index is 0.00000625. The van der Waals surface area contributed by atoms with E-state index in [2.05, 4.69) is 27.6 Å². The number of methoxy groups -OCH3 is 1. The van der Waals surface area contributed by atoms with Crippen LogP contribution in [0.15, 0.2) is 4.99 Å². The number of carbonyl (C=O) groups is 1. The number of nitrogens with zero attached hydrogens (tertiary/aromatic N) is 3. The van der Waals surface area contributed by atoms with Crippen molar-refractivity contribution >= 4 is 35.8 Å². The molecule has 0 saturated heterocycles. The minimum atomic E-state index is 0. The molecule has 0 radical (unpaired) electrons. The van der Waals surface area contributed by atoms with Crippen molar-refractivity contribution in [1.29, 1.82) is 0 Å². The molecular weight excluding hydrogens is 445 g/mol. The fourth-order valence-corrected chi connectivity index (χ4v) is 2.84. The first-order valence-corrected chi connectivity index (χ1v) is 9.45. The highest BCUT2D eigenvalue weighted by molar-refractivity contribution is 14.0. The van der Waals surface area contributed by atoms with Crippen LogP contribution in [0.2, 0.25) is 0 Å². The molecule has 1 fully saturated rings. The standard InChI is InChI=1S/C18H37N5O2.HI/c1-22(2)17(24)15-20-18(21-16-9-6-5-7-10-16)19-11-13-23(3)12-8-14-25-4;/h16H,5-15H2,1-4H3,(H2,19,20,21);1H. The zero-order chi connectivity index (χ0) is 18.5. The van der Waals surface area contributed by atoms with Gasteiger partial charge in [-0.05, 0) is 26.3 Å². The number of hydrogen-bond acceptors (Lipinski definition) is 4.